The van der Waals surface area contributed by atoms with E-state index >= 15 is 0 Å². The molecule has 1 aliphatic rings. The number of rotatable bonds is 8. The summed E-state index contributed by atoms with van der Waals surface area (Å²) in [4.78, 5) is 17.6. The van der Waals surface area contributed by atoms with Crippen molar-refractivity contribution in [3.8, 4) is 5.75 Å². The summed E-state index contributed by atoms with van der Waals surface area (Å²) in [5.41, 5.74) is 10.6. The summed E-state index contributed by atoms with van der Waals surface area (Å²) < 4.78 is 7.20. The number of tetrazole rings is 1. The standard InChI is InChI=1S/C21H21ClN8O2/c22-18-5-1-15(2-6-18)17-9-10-29(11-17)21(31)16-3-7-20(8-4-16)32-13-19(25-26-23)12-30-14-24-27-28-30/h1-8,14,17,19H,9-13H2/t17-,19?/m0/s1. The van der Waals surface area contributed by atoms with Gasteiger partial charge >= 0.3 is 0 Å². The van der Waals surface area contributed by atoms with E-state index in [0.717, 1.165) is 13.0 Å². The number of aromatic nitrogens is 4. The average Bonchev–Trinajstić information content (AvgIpc) is 3.50. The van der Waals surface area contributed by atoms with E-state index in [1.54, 1.807) is 24.3 Å². The smallest absolute Gasteiger partial charge is 0.253 e. The van der Waals surface area contributed by atoms with Crippen LogP contribution in [0.1, 0.15) is 28.3 Å². The first kappa shape index (κ1) is 21.6. The van der Waals surface area contributed by atoms with Crippen molar-refractivity contribution in [2.75, 3.05) is 19.7 Å². The van der Waals surface area contributed by atoms with Crippen molar-refractivity contribution in [2.45, 2.75) is 24.9 Å². The Morgan fingerprint density at radius 2 is 2.03 bits per heavy atom. The number of hydrogen-bond donors (Lipinski definition) is 0. The van der Waals surface area contributed by atoms with Gasteiger partial charge in [0.1, 0.15) is 12.1 Å². The number of ether oxygens (including phenoxy) is 1. The topological polar surface area (TPSA) is 122 Å². The molecule has 0 N–H and O–H groups in total. The van der Waals surface area contributed by atoms with Gasteiger partial charge < -0.3 is 9.64 Å². The maximum Gasteiger partial charge on any atom is 0.253 e. The van der Waals surface area contributed by atoms with Crippen LogP contribution in [0.2, 0.25) is 5.02 Å². The zero-order chi connectivity index (χ0) is 22.3. The van der Waals surface area contributed by atoms with Crippen molar-refractivity contribution in [3.05, 3.63) is 81.5 Å². The van der Waals surface area contributed by atoms with Gasteiger partial charge in [0.2, 0.25) is 0 Å². The van der Waals surface area contributed by atoms with Gasteiger partial charge in [0.15, 0.2) is 0 Å². The van der Waals surface area contributed by atoms with Crippen molar-refractivity contribution in [3.63, 3.8) is 0 Å². The van der Waals surface area contributed by atoms with Gasteiger partial charge in [-0.05, 0) is 64.3 Å². The van der Waals surface area contributed by atoms with Gasteiger partial charge in [-0.2, -0.15) is 0 Å². The molecular formula is C21H21ClN8O2. The van der Waals surface area contributed by atoms with Crippen molar-refractivity contribution < 1.29 is 9.53 Å². The number of azide groups is 1. The Morgan fingerprint density at radius 1 is 1.25 bits per heavy atom. The molecule has 10 nitrogen and oxygen atoms in total. The average molecular weight is 453 g/mol. The molecule has 164 valence electrons. The minimum atomic E-state index is -0.473. The van der Waals surface area contributed by atoms with E-state index in [2.05, 4.69) is 25.6 Å². The number of nitrogens with zero attached hydrogens (tertiary/aromatic N) is 8. The van der Waals surface area contributed by atoms with E-state index in [0.29, 0.717) is 35.3 Å². The van der Waals surface area contributed by atoms with Gasteiger partial charge in [0, 0.05) is 34.5 Å². The molecular weight excluding hydrogens is 432 g/mol. The summed E-state index contributed by atoms with van der Waals surface area (Å²) in [5.74, 6) is 0.896. The number of halogens is 1. The van der Waals surface area contributed by atoms with Crippen molar-refractivity contribution in [2.24, 2.45) is 5.11 Å². The molecule has 0 spiro atoms. The third kappa shape index (κ3) is 5.35. The molecule has 0 aliphatic carbocycles. The van der Waals surface area contributed by atoms with E-state index in [-0.39, 0.29) is 12.5 Å². The van der Waals surface area contributed by atoms with Gasteiger partial charge in [0.25, 0.3) is 5.91 Å². The molecule has 4 rings (SSSR count). The van der Waals surface area contributed by atoms with E-state index in [1.807, 2.05) is 29.2 Å². The molecule has 1 unspecified atom stereocenters. The number of amides is 1. The van der Waals surface area contributed by atoms with Crippen LogP contribution >= 0.6 is 11.6 Å². The first-order valence-electron chi connectivity index (χ1n) is 10.1. The fraction of sp³-hybridized carbons (Fsp3) is 0.333. The zero-order valence-electron chi connectivity index (χ0n) is 17.2. The Hall–Kier alpha value is -3.62. The number of likely N-dealkylation sites (tertiary alicyclic amines) is 1. The van der Waals surface area contributed by atoms with Crippen LogP contribution in [0, 0.1) is 0 Å². The SMILES string of the molecule is [N-]=[N+]=NC(COc1ccc(C(=O)N2CC[C@H](c3ccc(Cl)cc3)C2)cc1)Cn1cnnn1. The van der Waals surface area contributed by atoms with Crippen molar-refractivity contribution >= 4 is 17.5 Å². The minimum Gasteiger partial charge on any atom is -0.493 e. The Labute approximate surface area is 189 Å². The second kappa shape index (κ2) is 10.1. The lowest BCUT2D eigenvalue weighted by molar-refractivity contribution is 0.0790. The first-order chi connectivity index (χ1) is 15.6. The highest BCUT2D eigenvalue weighted by atomic mass is 35.5. The Balaban J connectivity index is 1.32. The molecule has 2 atom stereocenters. The van der Waals surface area contributed by atoms with Gasteiger partial charge in [-0.25, -0.2) is 4.68 Å². The molecule has 11 heteroatoms. The maximum atomic E-state index is 12.9. The van der Waals surface area contributed by atoms with Crippen molar-refractivity contribution in [1.29, 1.82) is 0 Å². The molecule has 0 bridgehead atoms. The third-order valence-electron chi connectivity index (χ3n) is 5.36. The zero-order valence-corrected chi connectivity index (χ0v) is 17.9. The van der Waals surface area contributed by atoms with E-state index in [4.69, 9.17) is 21.9 Å². The first-order valence-corrected chi connectivity index (χ1v) is 10.5. The molecule has 0 radical (unpaired) electrons. The van der Waals surface area contributed by atoms with Crippen LogP contribution in [0.15, 0.2) is 60.0 Å². The molecule has 1 amide bonds. The monoisotopic (exact) mass is 452 g/mol. The largest absolute Gasteiger partial charge is 0.493 e. The molecule has 2 aromatic carbocycles. The second-order valence-electron chi connectivity index (χ2n) is 7.51. The molecule has 1 saturated heterocycles. The van der Waals surface area contributed by atoms with Crippen LogP contribution < -0.4 is 4.74 Å². The molecule has 32 heavy (non-hydrogen) atoms. The lowest BCUT2D eigenvalue weighted by Crippen LogP contribution is -2.28. The highest BCUT2D eigenvalue weighted by molar-refractivity contribution is 6.30. The lowest BCUT2D eigenvalue weighted by Gasteiger charge is -2.17. The van der Waals surface area contributed by atoms with Crippen LogP contribution in [0.3, 0.4) is 0 Å². The van der Waals surface area contributed by atoms with E-state index in [9.17, 15) is 4.79 Å². The Kier molecular flexibility index (Phi) is 6.84. The summed E-state index contributed by atoms with van der Waals surface area (Å²) in [5, 5.41) is 15.3. The summed E-state index contributed by atoms with van der Waals surface area (Å²) in [7, 11) is 0. The minimum absolute atomic E-state index is 0.00125. The second-order valence-corrected chi connectivity index (χ2v) is 7.95. The van der Waals surface area contributed by atoms with Crippen molar-refractivity contribution in [1.82, 2.24) is 25.1 Å². The summed E-state index contributed by atoms with van der Waals surface area (Å²) in [6, 6.07) is 14.3. The number of benzene rings is 2. The van der Waals surface area contributed by atoms with Gasteiger partial charge in [-0.1, -0.05) is 28.8 Å². The number of carbonyl (C=O) groups excluding carboxylic acids is 1. The van der Waals surface area contributed by atoms with Crippen LogP contribution in [-0.2, 0) is 6.54 Å². The Bertz CT molecular complexity index is 1080. The van der Waals surface area contributed by atoms with Crippen LogP contribution in [0.5, 0.6) is 5.75 Å². The predicted octanol–water partition coefficient (Wildman–Crippen LogP) is 3.71. The normalized spacial score (nSPS) is 16.4. The van der Waals surface area contributed by atoms with E-state index < -0.39 is 6.04 Å². The Morgan fingerprint density at radius 3 is 2.72 bits per heavy atom. The van der Waals surface area contributed by atoms with Gasteiger partial charge in [-0.3, -0.25) is 4.79 Å². The van der Waals surface area contributed by atoms with Gasteiger partial charge in [-0.15, -0.1) is 5.10 Å². The summed E-state index contributed by atoms with van der Waals surface area (Å²) in [6.07, 6.45) is 2.37. The highest BCUT2D eigenvalue weighted by Gasteiger charge is 2.28. The summed E-state index contributed by atoms with van der Waals surface area (Å²) in [6.45, 7) is 1.86. The predicted molar refractivity (Wildman–Crippen MR) is 117 cm³/mol. The number of carbonyl (C=O) groups is 1. The quantitative estimate of drug-likeness (QED) is 0.293. The van der Waals surface area contributed by atoms with Crippen LogP contribution in [-0.4, -0.2) is 56.8 Å². The number of hydrogen-bond acceptors (Lipinski definition) is 6. The lowest BCUT2D eigenvalue weighted by atomic mass is 9.99. The van der Waals surface area contributed by atoms with Crippen LogP contribution in [0.4, 0.5) is 0 Å². The van der Waals surface area contributed by atoms with Gasteiger partial charge in [0.05, 0.1) is 19.2 Å². The fourth-order valence-electron chi connectivity index (χ4n) is 3.70. The molecule has 1 aliphatic heterocycles. The van der Waals surface area contributed by atoms with Crippen LogP contribution in [0.25, 0.3) is 10.4 Å². The highest BCUT2D eigenvalue weighted by Crippen LogP contribution is 2.29. The molecule has 2 heterocycles. The summed E-state index contributed by atoms with van der Waals surface area (Å²) >= 11 is 5.97. The molecule has 0 saturated carbocycles. The van der Waals surface area contributed by atoms with E-state index in [1.165, 1.54) is 16.6 Å². The molecule has 1 fully saturated rings. The maximum absolute atomic E-state index is 12.9. The molecule has 1 aromatic heterocycles. The third-order valence-corrected chi connectivity index (χ3v) is 5.62. The molecule has 3 aromatic rings. The fourth-order valence-corrected chi connectivity index (χ4v) is 3.82.